The Bertz CT molecular complexity index is 1500. The molecule has 0 saturated heterocycles. The Hall–Kier alpha value is -3.75. The van der Waals surface area contributed by atoms with Crippen molar-refractivity contribution < 1.29 is 13.2 Å². The number of sulfonamides is 1. The van der Waals surface area contributed by atoms with Gasteiger partial charge in [0.15, 0.2) is 0 Å². The fraction of sp³-hybridized carbons (Fsp3) is 0.214. The lowest BCUT2D eigenvalue weighted by atomic mass is 10.1. The molecule has 8 heteroatoms. The van der Waals surface area contributed by atoms with E-state index in [1.807, 2.05) is 79.3 Å². The zero-order valence-corrected chi connectivity index (χ0v) is 21.1. The van der Waals surface area contributed by atoms with Crippen LogP contribution in [0.3, 0.4) is 0 Å². The largest absolute Gasteiger partial charge is 0.302 e. The van der Waals surface area contributed by atoms with Crippen molar-refractivity contribution in [3.8, 4) is 0 Å². The summed E-state index contributed by atoms with van der Waals surface area (Å²) in [6.45, 7) is 2.65. The van der Waals surface area contributed by atoms with Crippen LogP contribution in [0.4, 0.5) is 5.69 Å². The molecule has 5 rings (SSSR count). The normalized spacial score (nSPS) is 13.8. The van der Waals surface area contributed by atoms with Gasteiger partial charge in [-0.25, -0.2) is 8.42 Å². The molecule has 3 aromatic carbocycles. The first-order valence-corrected chi connectivity index (χ1v) is 13.3. The van der Waals surface area contributed by atoms with Crippen molar-refractivity contribution in [2.75, 3.05) is 11.4 Å². The summed E-state index contributed by atoms with van der Waals surface area (Å²) in [6.07, 6.45) is 0.557. The van der Waals surface area contributed by atoms with Crippen LogP contribution in [0.25, 0.3) is 0 Å². The van der Waals surface area contributed by atoms with E-state index in [9.17, 15) is 13.2 Å². The Balaban J connectivity index is 1.50. The van der Waals surface area contributed by atoms with Crippen LogP contribution in [-0.4, -0.2) is 35.0 Å². The number of anilines is 1. The summed E-state index contributed by atoms with van der Waals surface area (Å²) >= 11 is 0. The maximum absolute atomic E-state index is 13.6. The minimum Gasteiger partial charge on any atom is -0.302 e. The third-order valence-electron chi connectivity index (χ3n) is 6.64. The highest BCUT2D eigenvalue weighted by Crippen LogP contribution is 2.30. The fourth-order valence-electron chi connectivity index (χ4n) is 4.74. The van der Waals surface area contributed by atoms with Crippen LogP contribution in [0, 0.1) is 6.92 Å². The maximum atomic E-state index is 13.6. The van der Waals surface area contributed by atoms with Gasteiger partial charge in [-0.1, -0.05) is 54.6 Å². The predicted octanol–water partition coefficient (Wildman–Crippen LogP) is 4.32. The average molecular weight is 501 g/mol. The molecule has 0 aliphatic carbocycles. The van der Waals surface area contributed by atoms with E-state index in [0.29, 0.717) is 29.1 Å². The summed E-state index contributed by atoms with van der Waals surface area (Å²) < 4.78 is 30.4. The quantitative estimate of drug-likeness (QED) is 0.395. The van der Waals surface area contributed by atoms with Crippen molar-refractivity contribution in [1.29, 1.82) is 0 Å². The molecule has 0 spiro atoms. The molecule has 184 valence electrons. The third kappa shape index (κ3) is 4.45. The van der Waals surface area contributed by atoms with Crippen molar-refractivity contribution in [1.82, 2.24) is 14.1 Å². The van der Waals surface area contributed by atoms with Gasteiger partial charge in [-0.15, -0.1) is 0 Å². The number of nitrogens with zero attached hydrogens (tertiary/aromatic N) is 4. The number of aromatic nitrogens is 2. The highest BCUT2D eigenvalue weighted by Gasteiger charge is 2.33. The summed E-state index contributed by atoms with van der Waals surface area (Å²) in [6, 6.07) is 25.7. The van der Waals surface area contributed by atoms with Crippen LogP contribution in [0.5, 0.6) is 0 Å². The minimum atomic E-state index is -3.67. The number of fused-ring (bicyclic) bond motifs is 1. The van der Waals surface area contributed by atoms with Crippen molar-refractivity contribution in [3.05, 3.63) is 113 Å². The van der Waals surface area contributed by atoms with Gasteiger partial charge < -0.3 is 4.90 Å². The Labute approximate surface area is 211 Å². The zero-order valence-electron chi connectivity index (χ0n) is 20.3. The second kappa shape index (κ2) is 9.72. The summed E-state index contributed by atoms with van der Waals surface area (Å²) in [4.78, 5) is 15.6. The molecule has 0 N–H and O–H groups in total. The molecule has 2 heterocycles. The van der Waals surface area contributed by atoms with Gasteiger partial charge in [-0.05, 0) is 42.8 Å². The van der Waals surface area contributed by atoms with Crippen LogP contribution < -0.4 is 4.90 Å². The Morgan fingerprint density at radius 1 is 0.944 bits per heavy atom. The second-order valence-corrected chi connectivity index (χ2v) is 10.8. The van der Waals surface area contributed by atoms with Crippen molar-refractivity contribution in [2.45, 2.75) is 31.3 Å². The molecule has 0 bridgehead atoms. The first-order valence-electron chi connectivity index (χ1n) is 11.9. The van der Waals surface area contributed by atoms with Gasteiger partial charge in [0.2, 0.25) is 10.0 Å². The van der Waals surface area contributed by atoms with E-state index < -0.39 is 10.0 Å². The first-order chi connectivity index (χ1) is 17.4. The lowest BCUT2D eigenvalue weighted by Crippen LogP contribution is -2.37. The smallest absolute Gasteiger partial charge is 0.258 e. The SMILES string of the molecule is Cc1ccccc1S(=O)(=O)N1CCc2c(c(CN(C(=O)c3ccccc3)c3ccccc3)nn2C)C1. The molecular weight excluding hydrogens is 472 g/mol. The van der Waals surface area contributed by atoms with Gasteiger partial charge in [-0.2, -0.15) is 9.40 Å². The molecular formula is C28H28N4O3S. The van der Waals surface area contributed by atoms with E-state index in [1.165, 1.54) is 4.31 Å². The van der Waals surface area contributed by atoms with Gasteiger partial charge in [0.25, 0.3) is 5.91 Å². The van der Waals surface area contributed by atoms with E-state index >= 15 is 0 Å². The molecule has 1 amide bonds. The molecule has 1 aliphatic rings. The lowest BCUT2D eigenvalue weighted by Gasteiger charge is -2.28. The van der Waals surface area contributed by atoms with E-state index in [-0.39, 0.29) is 19.0 Å². The van der Waals surface area contributed by atoms with Crippen molar-refractivity contribution >= 4 is 21.6 Å². The van der Waals surface area contributed by atoms with Gasteiger partial charge in [0, 0.05) is 49.1 Å². The number of amides is 1. The fourth-order valence-corrected chi connectivity index (χ4v) is 6.37. The number of aryl methyl sites for hydroxylation is 2. The Morgan fingerprint density at radius 2 is 1.58 bits per heavy atom. The van der Waals surface area contributed by atoms with Gasteiger partial charge in [0.1, 0.15) is 0 Å². The van der Waals surface area contributed by atoms with Crippen LogP contribution in [0.15, 0.2) is 89.8 Å². The summed E-state index contributed by atoms with van der Waals surface area (Å²) in [7, 11) is -1.79. The Morgan fingerprint density at radius 3 is 2.28 bits per heavy atom. The maximum Gasteiger partial charge on any atom is 0.258 e. The molecule has 0 unspecified atom stereocenters. The molecule has 0 atom stereocenters. The number of rotatable bonds is 6. The zero-order chi connectivity index (χ0) is 25.3. The Kier molecular flexibility index (Phi) is 6.47. The molecule has 1 aliphatic heterocycles. The van der Waals surface area contributed by atoms with Crippen molar-refractivity contribution in [2.24, 2.45) is 7.05 Å². The van der Waals surface area contributed by atoms with Crippen LogP contribution >= 0.6 is 0 Å². The summed E-state index contributed by atoms with van der Waals surface area (Å²) in [5.41, 5.74) is 4.62. The standard InChI is InChI=1S/C28H28N4O3S/c1-21-11-9-10-16-27(21)36(34,35)31-18-17-26-24(19-31)25(29-30(26)2)20-32(23-14-7-4-8-15-23)28(33)22-12-5-3-6-13-22/h3-16H,17-20H2,1-2H3. The molecule has 0 saturated carbocycles. The van der Waals surface area contributed by atoms with Crippen LogP contribution in [-0.2, 0) is 36.6 Å². The van der Waals surface area contributed by atoms with Crippen LogP contribution in [0.1, 0.15) is 32.9 Å². The number of carbonyl (C=O) groups is 1. The van der Waals surface area contributed by atoms with Gasteiger partial charge in [0.05, 0.1) is 17.1 Å². The van der Waals surface area contributed by atoms with Gasteiger partial charge in [-0.3, -0.25) is 9.48 Å². The topological polar surface area (TPSA) is 75.5 Å². The molecule has 36 heavy (non-hydrogen) atoms. The molecule has 7 nitrogen and oxygen atoms in total. The highest BCUT2D eigenvalue weighted by molar-refractivity contribution is 7.89. The van der Waals surface area contributed by atoms with E-state index in [4.69, 9.17) is 5.10 Å². The number of para-hydroxylation sites is 1. The van der Waals surface area contributed by atoms with Crippen LogP contribution in [0.2, 0.25) is 0 Å². The van der Waals surface area contributed by atoms with E-state index in [2.05, 4.69) is 0 Å². The average Bonchev–Trinajstić information content (AvgIpc) is 3.22. The molecule has 0 fully saturated rings. The monoisotopic (exact) mass is 500 g/mol. The number of carbonyl (C=O) groups excluding carboxylic acids is 1. The lowest BCUT2D eigenvalue weighted by molar-refractivity contribution is 0.0984. The molecule has 4 aromatic rings. The summed E-state index contributed by atoms with van der Waals surface area (Å²) in [5, 5.41) is 4.74. The van der Waals surface area contributed by atoms with E-state index in [1.54, 1.807) is 29.2 Å². The molecule has 0 radical (unpaired) electrons. The number of hydrogen-bond acceptors (Lipinski definition) is 4. The second-order valence-electron chi connectivity index (χ2n) is 8.94. The highest BCUT2D eigenvalue weighted by atomic mass is 32.2. The third-order valence-corrected chi connectivity index (χ3v) is 8.65. The number of hydrogen-bond donors (Lipinski definition) is 0. The first kappa shape index (κ1) is 24.0. The van der Waals surface area contributed by atoms with Gasteiger partial charge >= 0.3 is 0 Å². The van der Waals surface area contributed by atoms with Crippen molar-refractivity contribution in [3.63, 3.8) is 0 Å². The van der Waals surface area contributed by atoms with E-state index in [0.717, 1.165) is 22.5 Å². The predicted molar refractivity (Wildman–Crippen MR) is 139 cm³/mol. The summed E-state index contributed by atoms with van der Waals surface area (Å²) in [5.74, 6) is -0.138. The number of benzene rings is 3. The minimum absolute atomic E-state index is 0.138. The molecule has 1 aromatic heterocycles.